The van der Waals surface area contributed by atoms with Crippen LogP contribution in [0.15, 0.2) is 18.2 Å². The Hall–Kier alpha value is -1.06. The average Bonchev–Trinajstić information content (AvgIpc) is 2.87. The third kappa shape index (κ3) is 1.51. The van der Waals surface area contributed by atoms with Gasteiger partial charge in [0, 0.05) is 18.7 Å². The molecule has 3 rings (SSSR count). The molecule has 1 aromatic carbocycles. The Labute approximate surface area is 99.0 Å². The molecule has 2 aromatic rings. The molecule has 0 saturated carbocycles. The van der Waals surface area contributed by atoms with Gasteiger partial charge in [-0.3, -0.25) is 0 Å². The molecule has 1 aliphatic heterocycles. The molecule has 2 heterocycles. The van der Waals surface area contributed by atoms with Crippen LogP contribution in [0.4, 0.5) is 0 Å². The summed E-state index contributed by atoms with van der Waals surface area (Å²) in [4.78, 5) is 4.61. The first kappa shape index (κ1) is 10.1. The van der Waals surface area contributed by atoms with E-state index in [0.29, 0.717) is 0 Å². The van der Waals surface area contributed by atoms with E-state index in [0.717, 1.165) is 41.3 Å². The molecule has 0 aliphatic carbocycles. The number of aryl methyl sites for hydroxylation is 1. The Morgan fingerprint density at radius 1 is 1.50 bits per heavy atom. The van der Waals surface area contributed by atoms with E-state index in [1.807, 2.05) is 25.2 Å². The van der Waals surface area contributed by atoms with Crippen LogP contribution in [0.5, 0.6) is 0 Å². The van der Waals surface area contributed by atoms with E-state index < -0.39 is 0 Å². The van der Waals surface area contributed by atoms with Crippen LogP contribution in [-0.2, 0) is 11.8 Å². The summed E-state index contributed by atoms with van der Waals surface area (Å²) in [5.74, 6) is 1.01. The molecule has 4 heteroatoms. The van der Waals surface area contributed by atoms with E-state index in [4.69, 9.17) is 16.3 Å². The van der Waals surface area contributed by atoms with Gasteiger partial charge in [0.25, 0.3) is 0 Å². The molecule has 16 heavy (non-hydrogen) atoms. The fourth-order valence-electron chi connectivity index (χ4n) is 2.25. The maximum atomic E-state index is 5.99. The molecule has 1 aliphatic rings. The summed E-state index contributed by atoms with van der Waals surface area (Å²) >= 11 is 5.99. The number of nitrogens with zero attached hydrogens (tertiary/aromatic N) is 2. The Kier molecular flexibility index (Phi) is 2.37. The van der Waals surface area contributed by atoms with Gasteiger partial charge in [0.1, 0.15) is 11.9 Å². The maximum Gasteiger partial charge on any atom is 0.138 e. The lowest BCUT2D eigenvalue weighted by atomic mass is 10.2. The molecule has 1 aromatic heterocycles. The van der Waals surface area contributed by atoms with Gasteiger partial charge in [-0.25, -0.2) is 4.98 Å². The van der Waals surface area contributed by atoms with Gasteiger partial charge in [-0.15, -0.1) is 0 Å². The van der Waals surface area contributed by atoms with Crippen LogP contribution in [0.3, 0.4) is 0 Å². The van der Waals surface area contributed by atoms with Crippen LogP contribution in [0.2, 0.25) is 5.02 Å². The minimum absolute atomic E-state index is 0.149. The van der Waals surface area contributed by atoms with Gasteiger partial charge >= 0.3 is 0 Å². The van der Waals surface area contributed by atoms with E-state index >= 15 is 0 Å². The monoisotopic (exact) mass is 236 g/mol. The molecular formula is C12H13ClN2O. The SMILES string of the molecule is Cn1c(C2CCCO2)nc2ccc(Cl)cc21. The molecule has 1 saturated heterocycles. The fourth-order valence-corrected chi connectivity index (χ4v) is 2.42. The van der Waals surface area contributed by atoms with Gasteiger partial charge in [0.05, 0.1) is 11.0 Å². The van der Waals surface area contributed by atoms with E-state index in [1.165, 1.54) is 0 Å². The molecule has 0 N–H and O–H groups in total. The quantitative estimate of drug-likeness (QED) is 0.761. The van der Waals surface area contributed by atoms with Crippen LogP contribution >= 0.6 is 11.6 Å². The van der Waals surface area contributed by atoms with E-state index in [-0.39, 0.29) is 6.10 Å². The summed E-state index contributed by atoms with van der Waals surface area (Å²) in [5, 5.41) is 0.745. The first-order valence-electron chi connectivity index (χ1n) is 5.49. The van der Waals surface area contributed by atoms with E-state index in [1.54, 1.807) is 0 Å². The lowest BCUT2D eigenvalue weighted by Gasteiger charge is -2.08. The van der Waals surface area contributed by atoms with Crippen LogP contribution in [0, 0.1) is 0 Å². The van der Waals surface area contributed by atoms with Crippen molar-refractivity contribution < 1.29 is 4.74 Å². The second-order valence-electron chi connectivity index (χ2n) is 4.16. The van der Waals surface area contributed by atoms with Gasteiger partial charge in [-0.1, -0.05) is 11.6 Å². The fraction of sp³-hybridized carbons (Fsp3) is 0.417. The molecule has 1 atom stereocenters. The zero-order valence-corrected chi connectivity index (χ0v) is 9.87. The van der Waals surface area contributed by atoms with Gasteiger partial charge in [-0.05, 0) is 31.0 Å². The van der Waals surface area contributed by atoms with Crippen molar-refractivity contribution in [3.63, 3.8) is 0 Å². The molecular weight excluding hydrogens is 224 g/mol. The number of aromatic nitrogens is 2. The molecule has 0 radical (unpaired) electrons. The van der Waals surface area contributed by atoms with Crippen LogP contribution < -0.4 is 0 Å². The highest BCUT2D eigenvalue weighted by Gasteiger charge is 2.23. The standard InChI is InChI=1S/C12H13ClN2O/c1-15-10-7-8(13)4-5-9(10)14-12(15)11-3-2-6-16-11/h4-5,7,11H,2-3,6H2,1H3. The number of rotatable bonds is 1. The minimum Gasteiger partial charge on any atom is -0.370 e. The molecule has 1 fully saturated rings. The summed E-state index contributed by atoms with van der Waals surface area (Å²) in [6.07, 6.45) is 2.33. The summed E-state index contributed by atoms with van der Waals surface area (Å²) in [5.41, 5.74) is 2.05. The number of halogens is 1. The zero-order chi connectivity index (χ0) is 11.1. The number of imidazole rings is 1. The Morgan fingerprint density at radius 2 is 2.38 bits per heavy atom. The van der Waals surface area contributed by atoms with Gasteiger partial charge < -0.3 is 9.30 Å². The van der Waals surface area contributed by atoms with E-state index in [2.05, 4.69) is 9.55 Å². The Bertz CT molecular complexity index is 529. The number of ether oxygens (including phenoxy) is 1. The van der Waals surface area contributed by atoms with Crippen molar-refractivity contribution in [2.75, 3.05) is 6.61 Å². The Morgan fingerprint density at radius 3 is 3.12 bits per heavy atom. The molecule has 0 bridgehead atoms. The first-order valence-corrected chi connectivity index (χ1v) is 5.87. The van der Waals surface area contributed by atoms with Crippen LogP contribution in [-0.4, -0.2) is 16.2 Å². The highest BCUT2D eigenvalue weighted by atomic mass is 35.5. The van der Waals surface area contributed by atoms with Crippen molar-refractivity contribution >= 4 is 22.6 Å². The lowest BCUT2D eigenvalue weighted by molar-refractivity contribution is 0.103. The molecule has 84 valence electrons. The van der Waals surface area contributed by atoms with Crippen molar-refractivity contribution in [2.45, 2.75) is 18.9 Å². The maximum absolute atomic E-state index is 5.99. The number of hydrogen-bond donors (Lipinski definition) is 0. The summed E-state index contributed by atoms with van der Waals surface area (Å²) in [6, 6.07) is 5.77. The first-order chi connectivity index (χ1) is 7.75. The van der Waals surface area contributed by atoms with Gasteiger partial charge in [-0.2, -0.15) is 0 Å². The number of hydrogen-bond acceptors (Lipinski definition) is 2. The van der Waals surface area contributed by atoms with Crippen molar-refractivity contribution in [3.8, 4) is 0 Å². The third-order valence-corrected chi connectivity index (χ3v) is 3.33. The van der Waals surface area contributed by atoms with Gasteiger partial charge in [0.2, 0.25) is 0 Å². The number of fused-ring (bicyclic) bond motifs is 1. The van der Waals surface area contributed by atoms with Crippen LogP contribution in [0.1, 0.15) is 24.8 Å². The largest absolute Gasteiger partial charge is 0.370 e. The lowest BCUT2D eigenvalue weighted by Crippen LogP contribution is -2.04. The zero-order valence-electron chi connectivity index (χ0n) is 9.11. The predicted molar refractivity (Wildman–Crippen MR) is 63.7 cm³/mol. The molecule has 1 unspecified atom stereocenters. The second-order valence-corrected chi connectivity index (χ2v) is 4.60. The average molecular weight is 237 g/mol. The summed E-state index contributed by atoms with van der Waals surface area (Å²) in [7, 11) is 2.02. The molecule has 0 spiro atoms. The predicted octanol–water partition coefficient (Wildman–Crippen LogP) is 3.08. The third-order valence-electron chi connectivity index (χ3n) is 3.10. The number of benzene rings is 1. The normalized spacial score (nSPS) is 20.8. The van der Waals surface area contributed by atoms with Crippen molar-refractivity contribution in [2.24, 2.45) is 7.05 Å². The smallest absolute Gasteiger partial charge is 0.138 e. The van der Waals surface area contributed by atoms with Gasteiger partial charge in [0.15, 0.2) is 0 Å². The summed E-state index contributed by atoms with van der Waals surface area (Å²) < 4.78 is 7.74. The molecule has 0 amide bonds. The highest BCUT2D eigenvalue weighted by Crippen LogP contribution is 2.30. The topological polar surface area (TPSA) is 27.1 Å². The minimum atomic E-state index is 0.149. The Balaban J connectivity index is 2.15. The summed E-state index contributed by atoms with van der Waals surface area (Å²) in [6.45, 7) is 0.842. The van der Waals surface area contributed by atoms with Crippen LogP contribution in [0.25, 0.3) is 11.0 Å². The van der Waals surface area contributed by atoms with Crippen molar-refractivity contribution in [1.82, 2.24) is 9.55 Å². The van der Waals surface area contributed by atoms with Crippen molar-refractivity contribution in [3.05, 3.63) is 29.0 Å². The molecule has 3 nitrogen and oxygen atoms in total. The van der Waals surface area contributed by atoms with E-state index in [9.17, 15) is 0 Å². The highest BCUT2D eigenvalue weighted by molar-refractivity contribution is 6.31. The second kappa shape index (κ2) is 3.75. The van der Waals surface area contributed by atoms with Crippen molar-refractivity contribution in [1.29, 1.82) is 0 Å².